The average Bonchev–Trinajstić information content (AvgIpc) is 3.39. The fourth-order valence-corrected chi connectivity index (χ4v) is 4.86. The molecule has 2 aromatic heterocycles. The molecule has 0 radical (unpaired) electrons. The van der Waals surface area contributed by atoms with Crippen LogP contribution in [0.1, 0.15) is 34.0 Å². The van der Waals surface area contributed by atoms with Crippen molar-refractivity contribution in [3.8, 4) is 0 Å². The Morgan fingerprint density at radius 1 is 1.16 bits per heavy atom. The van der Waals surface area contributed by atoms with Crippen LogP contribution in [-0.4, -0.2) is 46.4 Å². The van der Waals surface area contributed by atoms with E-state index in [0.717, 1.165) is 55.7 Å². The maximum absolute atomic E-state index is 12.8. The Labute approximate surface area is 194 Å². The number of imidazole rings is 1. The lowest BCUT2D eigenvalue weighted by Crippen LogP contribution is -2.36. The lowest BCUT2D eigenvalue weighted by atomic mass is 10.2. The zero-order valence-corrected chi connectivity index (χ0v) is 19.7. The third kappa shape index (κ3) is 4.95. The smallest absolute Gasteiger partial charge is 0.290 e. The molecule has 3 heterocycles. The zero-order chi connectivity index (χ0) is 22.0. The van der Waals surface area contributed by atoms with Crippen LogP contribution in [0.25, 0.3) is 11.1 Å². The largest absolute Gasteiger partial charge is 0.354 e. The summed E-state index contributed by atoms with van der Waals surface area (Å²) in [5.74, 6) is 0.296. The molecule has 1 N–H and O–H groups in total. The van der Waals surface area contributed by atoms with Crippen molar-refractivity contribution in [1.82, 2.24) is 19.9 Å². The second kappa shape index (κ2) is 9.42. The molecule has 0 spiro atoms. The van der Waals surface area contributed by atoms with Gasteiger partial charge in [-0.2, -0.15) is 0 Å². The summed E-state index contributed by atoms with van der Waals surface area (Å²) in [4.78, 5) is 30.0. The molecule has 1 aliphatic heterocycles. The molecule has 0 saturated heterocycles. The number of benzene rings is 1. The quantitative estimate of drug-likeness (QED) is 0.616. The maximum atomic E-state index is 12.8. The van der Waals surface area contributed by atoms with Crippen molar-refractivity contribution in [2.45, 2.75) is 25.8 Å². The Hall–Kier alpha value is -2.35. The van der Waals surface area contributed by atoms with E-state index in [-0.39, 0.29) is 5.91 Å². The van der Waals surface area contributed by atoms with Crippen LogP contribution in [0, 0.1) is 0 Å². The Kier molecular flexibility index (Phi) is 6.65. The van der Waals surface area contributed by atoms with Gasteiger partial charge in [-0.05, 0) is 25.0 Å². The first-order valence-corrected chi connectivity index (χ1v) is 11.6. The summed E-state index contributed by atoms with van der Waals surface area (Å²) >= 11 is 13.4. The molecule has 162 valence electrons. The Morgan fingerprint density at radius 2 is 1.94 bits per heavy atom. The number of anilines is 1. The number of nitrogens with one attached hydrogen (secondary N) is 1. The normalized spacial score (nSPS) is 14.7. The standard InChI is InChI=1S/C16H18ClN5OS.C6H5Cl/c1-21(2)16-19-10-6-7-22(8-12(10)24-16)15(23)14-18-11-5-3-4-9(17)13(11)20-14;7-6-4-2-1-3-5-6/h5H,3-4,6-8H2,1-2H3,(H,18,20);1-5H. The molecule has 0 fully saturated rings. The zero-order valence-electron chi connectivity index (χ0n) is 17.4. The van der Waals surface area contributed by atoms with Crippen molar-refractivity contribution >= 4 is 56.7 Å². The van der Waals surface area contributed by atoms with Gasteiger partial charge >= 0.3 is 0 Å². The van der Waals surface area contributed by atoms with E-state index in [1.807, 2.05) is 60.3 Å². The molecule has 1 aromatic carbocycles. The first kappa shape index (κ1) is 21.9. The number of fused-ring (bicyclic) bond motifs is 2. The summed E-state index contributed by atoms with van der Waals surface area (Å²) in [6.45, 7) is 1.25. The summed E-state index contributed by atoms with van der Waals surface area (Å²) in [7, 11) is 3.97. The van der Waals surface area contributed by atoms with Gasteiger partial charge in [0.05, 0.1) is 17.6 Å². The summed E-state index contributed by atoms with van der Waals surface area (Å²) in [6.07, 6.45) is 4.49. The molecule has 3 aromatic rings. The molecule has 2 aliphatic rings. The Bertz CT molecular complexity index is 1200. The van der Waals surface area contributed by atoms with Gasteiger partial charge in [0.1, 0.15) is 5.35 Å². The van der Waals surface area contributed by atoms with Crippen LogP contribution in [0.5, 0.6) is 0 Å². The average molecular weight is 476 g/mol. The van der Waals surface area contributed by atoms with E-state index in [1.54, 1.807) is 11.3 Å². The van der Waals surface area contributed by atoms with Gasteiger partial charge in [-0.25, -0.2) is 9.97 Å². The van der Waals surface area contributed by atoms with Crippen LogP contribution in [0.15, 0.2) is 30.3 Å². The predicted octanol–water partition coefficient (Wildman–Crippen LogP) is 3.39. The molecule has 9 heteroatoms. The monoisotopic (exact) mass is 475 g/mol. The number of nitrogens with zero attached hydrogens (tertiary/aromatic N) is 4. The number of hydrogen-bond donors (Lipinski definition) is 1. The second-order valence-corrected chi connectivity index (χ2v) is 9.48. The van der Waals surface area contributed by atoms with Crippen molar-refractivity contribution in [3.63, 3.8) is 0 Å². The molecule has 0 atom stereocenters. The highest BCUT2D eigenvalue weighted by Crippen LogP contribution is 2.29. The van der Waals surface area contributed by atoms with E-state index in [2.05, 4.69) is 15.0 Å². The molecule has 0 bridgehead atoms. The fraction of sp³-hybridized carbons (Fsp3) is 0.318. The minimum atomic E-state index is -0.0762. The molecular formula is C22H23Cl2N5OS. The highest BCUT2D eigenvalue weighted by Gasteiger charge is 2.27. The predicted molar refractivity (Wildman–Crippen MR) is 127 cm³/mol. The molecule has 1 amide bonds. The number of carbonyl (C=O) groups is 1. The third-order valence-corrected chi connectivity index (χ3v) is 6.90. The van der Waals surface area contributed by atoms with Crippen LogP contribution in [0.3, 0.4) is 0 Å². The number of amides is 1. The number of thiazole rings is 1. The SMILES string of the molecule is CN(C)c1nc2c(s1)CN(C(=O)c1nc3c([nH]1)=CCCC=3Cl)CC2.Clc1ccccc1. The van der Waals surface area contributed by atoms with Gasteiger partial charge < -0.3 is 14.8 Å². The van der Waals surface area contributed by atoms with Gasteiger partial charge in [0, 0.05) is 42.0 Å². The molecule has 5 rings (SSSR count). The highest BCUT2D eigenvalue weighted by atomic mass is 35.5. The lowest BCUT2D eigenvalue weighted by molar-refractivity contribution is 0.0724. The molecule has 0 unspecified atom stereocenters. The first-order valence-electron chi connectivity index (χ1n) is 10.0. The first-order chi connectivity index (χ1) is 14.9. The van der Waals surface area contributed by atoms with E-state index < -0.39 is 0 Å². The van der Waals surface area contributed by atoms with E-state index in [9.17, 15) is 4.79 Å². The number of carbonyl (C=O) groups excluding carboxylic acids is 1. The van der Waals surface area contributed by atoms with E-state index in [4.69, 9.17) is 23.2 Å². The van der Waals surface area contributed by atoms with Crippen LogP contribution < -0.4 is 15.6 Å². The number of hydrogen-bond acceptors (Lipinski definition) is 5. The maximum Gasteiger partial charge on any atom is 0.290 e. The van der Waals surface area contributed by atoms with Crippen molar-refractivity contribution in [1.29, 1.82) is 0 Å². The summed E-state index contributed by atoms with van der Waals surface area (Å²) in [5.41, 5.74) is 1.11. The third-order valence-electron chi connectivity index (χ3n) is 5.03. The molecule has 6 nitrogen and oxygen atoms in total. The topological polar surface area (TPSA) is 65.1 Å². The molecular weight excluding hydrogens is 453 g/mol. The van der Waals surface area contributed by atoms with Gasteiger partial charge in [0.15, 0.2) is 11.0 Å². The number of aromatic nitrogens is 3. The van der Waals surface area contributed by atoms with Crippen LogP contribution >= 0.6 is 34.5 Å². The van der Waals surface area contributed by atoms with Crippen LogP contribution in [-0.2, 0) is 13.0 Å². The summed E-state index contributed by atoms with van der Waals surface area (Å²) < 4.78 is 0. The highest BCUT2D eigenvalue weighted by molar-refractivity contribution is 7.15. The van der Waals surface area contributed by atoms with Gasteiger partial charge in [-0.15, -0.1) is 0 Å². The number of aromatic amines is 1. The lowest BCUT2D eigenvalue weighted by Gasteiger charge is -2.25. The second-order valence-electron chi connectivity index (χ2n) is 7.53. The van der Waals surface area contributed by atoms with Gasteiger partial charge in [0.2, 0.25) is 0 Å². The van der Waals surface area contributed by atoms with E-state index in [1.165, 1.54) is 0 Å². The summed E-state index contributed by atoms with van der Waals surface area (Å²) in [6, 6.07) is 9.44. The van der Waals surface area contributed by atoms with Crippen LogP contribution in [0.4, 0.5) is 5.13 Å². The van der Waals surface area contributed by atoms with Crippen molar-refractivity contribution in [2.24, 2.45) is 0 Å². The van der Waals surface area contributed by atoms with Gasteiger partial charge in [0.25, 0.3) is 5.91 Å². The number of H-pyrrole nitrogens is 1. The van der Waals surface area contributed by atoms with E-state index >= 15 is 0 Å². The molecule has 31 heavy (non-hydrogen) atoms. The van der Waals surface area contributed by atoms with E-state index in [0.29, 0.717) is 18.9 Å². The minimum absolute atomic E-state index is 0.0762. The number of halogens is 2. The van der Waals surface area contributed by atoms with Crippen LogP contribution in [0.2, 0.25) is 5.02 Å². The number of rotatable bonds is 2. The minimum Gasteiger partial charge on any atom is -0.354 e. The molecule has 0 saturated carbocycles. The van der Waals surface area contributed by atoms with Crippen molar-refractivity contribution in [3.05, 3.63) is 62.4 Å². The van der Waals surface area contributed by atoms with Gasteiger partial charge in [-0.3, -0.25) is 4.79 Å². The molecule has 1 aliphatic carbocycles. The Balaban J connectivity index is 0.000000282. The van der Waals surface area contributed by atoms with Crippen molar-refractivity contribution in [2.75, 3.05) is 25.5 Å². The Morgan fingerprint density at radius 3 is 2.58 bits per heavy atom. The summed E-state index contributed by atoms with van der Waals surface area (Å²) in [5, 5.41) is 4.08. The van der Waals surface area contributed by atoms with Crippen molar-refractivity contribution < 1.29 is 4.79 Å². The fourth-order valence-electron chi connectivity index (χ4n) is 3.42. The van der Waals surface area contributed by atoms with Gasteiger partial charge in [-0.1, -0.05) is 58.8 Å².